The monoisotopic (exact) mass is 360 g/mol. The van der Waals surface area contributed by atoms with Crippen molar-refractivity contribution < 1.29 is 28.7 Å². The van der Waals surface area contributed by atoms with Gasteiger partial charge in [-0.25, -0.2) is 4.79 Å². The minimum absolute atomic E-state index is 0.0925. The molecule has 2 aromatic rings. The van der Waals surface area contributed by atoms with Crippen LogP contribution in [0.5, 0.6) is 11.5 Å². The molecule has 1 amide bonds. The lowest BCUT2D eigenvalue weighted by molar-refractivity contribution is -0.384. The Bertz CT molecular complexity index is 773. The number of nitrogens with zero attached hydrogens (tertiary/aromatic N) is 1. The minimum atomic E-state index is -0.709. The number of nitrogens with one attached hydrogen (secondary N) is 1. The first-order valence-electron chi connectivity index (χ1n) is 7.44. The predicted octanol–water partition coefficient (Wildman–Crippen LogP) is 2.16. The minimum Gasteiger partial charge on any atom is -0.497 e. The van der Waals surface area contributed by atoms with Crippen LogP contribution in [0.25, 0.3) is 0 Å². The number of methoxy groups -OCH3 is 1. The number of carbonyl (C=O) groups is 2. The van der Waals surface area contributed by atoms with E-state index in [4.69, 9.17) is 14.2 Å². The maximum Gasteiger partial charge on any atom is 0.344 e. The van der Waals surface area contributed by atoms with Gasteiger partial charge in [0.05, 0.1) is 12.0 Å². The number of rotatable bonds is 8. The number of carbonyl (C=O) groups excluding carboxylic acids is 2. The molecular weight excluding hydrogens is 344 g/mol. The first kappa shape index (κ1) is 18.7. The third kappa shape index (κ3) is 5.78. The summed E-state index contributed by atoms with van der Waals surface area (Å²) in [5.74, 6) is -0.169. The molecule has 0 heterocycles. The Kier molecular flexibility index (Phi) is 6.49. The molecule has 0 fully saturated rings. The number of nitro benzene ring substituents is 1. The summed E-state index contributed by atoms with van der Waals surface area (Å²) < 4.78 is 15.0. The molecule has 1 N–H and O–H groups in total. The summed E-state index contributed by atoms with van der Waals surface area (Å²) in [6.45, 7) is -0.848. The molecule has 2 aromatic carbocycles. The van der Waals surface area contributed by atoms with Crippen molar-refractivity contribution in [2.45, 2.75) is 0 Å². The molecule has 2 rings (SSSR count). The lowest BCUT2D eigenvalue weighted by atomic mass is 10.3. The summed E-state index contributed by atoms with van der Waals surface area (Å²) in [4.78, 5) is 33.3. The van der Waals surface area contributed by atoms with Crippen molar-refractivity contribution in [1.29, 1.82) is 0 Å². The summed E-state index contributed by atoms with van der Waals surface area (Å²) in [6, 6.07) is 11.9. The summed E-state index contributed by atoms with van der Waals surface area (Å²) in [6.07, 6.45) is 0. The van der Waals surface area contributed by atoms with Crippen LogP contribution in [0.1, 0.15) is 0 Å². The highest BCUT2D eigenvalue weighted by Gasteiger charge is 2.10. The Balaban J connectivity index is 1.72. The van der Waals surface area contributed by atoms with Gasteiger partial charge >= 0.3 is 5.97 Å². The quantitative estimate of drug-likeness (QED) is 0.435. The number of nitro groups is 1. The van der Waals surface area contributed by atoms with Crippen LogP contribution in [0.4, 0.5) is 11.4 Å². The van der Waals surface area contributed by atoms with Gasteiger partial charge in [0.15, 0.2) is 13.2 Å². The standard InChI is InChI=1S/C17H16N2O7/c1-24-14-6-8-15(9-7-14)25-11-17(21)26-10-16(20)18-12-2-4-13(5-3-12)19(22)23/h2-9H,10-11H2,1H3,(H,18,20). The molecule has 0 aromatic heterocycles. The third-order valence-electron chi connectivity index (χ3n) is 3.14. The largest absolute Gasteiger partial charge is 0.497 e. The van der Waals surface area contributed by atoms with E-state index in [-0.39, 0.29) is 12.3 Å². The molecule has 0 saturated carbocycles. The van der Waals surface area contributed by atoms with E-state index in [1.807, 2.05) is 0 Å². The van der Waals surface area contributed by atoms with Crippen LogP contribution >= 0.6 is 0 Å². The van der Waals surface area contributed by atoms with Crippen LogP contribution in [-0.4, -0.2) is 37.1 Å². The summed E-state index contributed by atoms with van der Waals surface area (Å²) in [5, 5.41) is 13.0. The second-order valence-electron chi connectivity index (χ2n) is 4.98. The fourth-order valence-corrected chi connectivity index (χ4v) is 1.87. The Labute approximate surface area is 148 Å². The molecule has 0 unspecified atom stereocenters. The lowest BCUT2D eigenvalue weighted by Crippen LogP contribution is -2.23. The van der Waals surface area contributed by atoms with Crippen molar-refractivity contribution in [1.82, 2.24) is 0 Å². The fourth-order valence-electron chi connectivity index (χ4n) is 1.87. The van der Waals surface area contributed by atoms with Gasteiger partial charge in [0, 0.05) is 17.8 Å². The van der Waals surface area contributed by atoms with Gasteiger partial charge < -0.3 is 19.5 Å². The van der Waals surface area contributed by atoms with Crippen LogP contribution in [0.2, 0.25) is 0 Å². The summed E-state index contributed by atoms with van der Waals surface area (Å²) in [7, 11) is 1.54. The predicted molar refractivity (Wildman–Crippen MR) is 91.2 cm³/mol. The van der Waals surface area contributed by atoms with E-state index in [1.165, 1.54) is 31.4 Å². The molecule has 0 aliphatic rings. The Morgan fingerprint density at radius 3 is 2.19 bits per heavy atom. The second kappa shape index (κ2) is 9.02. The Morgan fingerprint density at radius 1 is 1.00 bits per heavy atom. The van der Waals surface area contributed by atoms with Crippen molar-refractivity contribution in [3.63, 3.8) is 0 Å². The molecule has 0 saturated heterocycles. The van der Waals surface area contributed by atoms with Crippen LogP contribution < -0.4 is 14.8 Å². The van der Waals surface area contributed by atoms with Gasteiger partial charge in [-0.3, -0.25) is 14.9 Å². The maximum atomic E-state index is 11.7. The zero-order valence-electron chi connectivity index (χ0n) is 13.8. The molecule has 0 spiro atoms. The van der Waals surface area contributed by atoms with E-state index in [0.29, 0.717) is 17.2 Å². The van der Waals surface area contributed by atoms with Gasteiger partial charge in [-0.1, -0.05) is 0 Å². The average molecular weight is 360 g/mol. The van der Waals surface area contributed by atoms with Gasteiger partial charge in [-0.15, -0.1) is 0 Å². The van der Waals surface area contributed by atoms with E-state index in [2.05, 4.69) is 5.32 Å². The van der Waals surface area contributed by atoms with Crippen molar-refractivity contribution in [2.24, 2.45) is 0 Å². The molecule has 26 heavy (non-hydrogen) atoms. The molecule has 9 nitrogen and oxygen atoms in total. The van der Waals surface area contributed by atoms with Crippen molar-refractivity contribution in [2.75, 3.05) is 25.6 Å². The van der Waals surface area contributed by atoms with Crippen molar-refractivity contribution in [3.8, 4) is 11.5 Å². The van der Waals surface area contributed by atoms with Crippen LogP contribution in [0, 0.1) is 10.1 Å². The SMILES string of the molecule is COc1ccc(OCC(=O)OCC(=O)Nc2ccc([N+](=O)[O-])cc2)cc1. The number of hydrogen-bond acceptors (Lipinski definition) is 7. The number of anilines is 1. The average Bonchev–Trinajstić information content (AvgIpc) is 2.65. The first-order valence-corrected chi connectivity index (χ1v) is 7.44. The van der Waals surface area contributed by atoms with Crippen molar-refractivity contribution in [3.05, 3.63) is 58.6 Å². The van der Waals surface area contributed by atoms with Gasteiger partial charge in [-0.2, -0.15) is 0 Å². The van der Waals surface area contributed by atoms with Gasteiger partial charge in [0.1, 0.15) is 11.5 Å². The Morgan fingerprint density at radius 2 is 1.62 bits per heavy atom. The highest BCUT2D eigenvalue weighted by Crippen LogP contribution is 2.17. The van der Waals surface area contributed by atoms with Crippen LogP contribution in [0.15, 0.2) is 48.5 Å². The zero-order chi connectivity index (χ0) is 18.9. The van der Waals surface area contributed by atoms with Gasteiger partial charge in [0.25, 0.3) is 11.6 Å². The fraction of sp³-hybridized carbons (Fsp3) is 0.176. The molecular formula is C17H16N2O7. The number of benzene rings is 2. The molecule has 136 valence electrons. The van der Waals surface area contributed by atoms with Gasteiger partial charge in [-0.05, 0) is 36.4 Å². The highest BCUT2D eigenvalue weighted by atomic mass is 16.6. The summed E-state index contributed by atoms with van der Waals surface area (Å²) in [5.41, 5.74) is 0.260. The molecule has 0 aliphatic carbocycles. The third-order valence-corrected chi connectivity index (χ3v) is 3.14. The summed E-state index contributed by atoms with van der Waals surface area (Å²) >= 11 is 0. The number of esters is 1. The lowest BCUT2D eigenvalue weighted by Gasteiger charge is -2.08. The molecule has 0 radical (unpaired) electrons. The van der Waals surface area contributed by atoms with E-state index >= 15 is 0 Å². The number of non-ortho nitro benzene ring substituents is 1. The van der Waals surface area contributed by atoms with Gasteiger partial charge in [0.2, 0.25) is 0 Å². The van der Waals surface area contributed by atoms with E-state index in [9.17, 15) is 19.7 Å². The zero-order valence-corrected chi connectivity index (χ0v) is 13.8. The van der Waals surface area contributed by atoms with Crippen LogP contribution in [0.3, 0.4) is 0 Å². The van der Waals surface area contributed by atoms with E-state index in [0.717, 1.165) is 0 Å². The first-order chi connectivity index (χ1) is 12.5. The molecule has 0 aliphatic heterocycles. The second-order valence-corrected chi connectivity index (χ2v) is 4.98. The number of amides is 1. The van der Waals surface area contributed by atoms with Crippen molar-refractivity contribution >= 4 is 23.3 Å². The number of hydrogen-bond donors (Lipinski definition) is 1. The smallest absolute Gasteiger partial charge is 0.344 e. The Hall–Kier alpha value is -3.62. The van der Waals surface area contributed by atoms with Crippen LogP contribution in [-0.2, 0) is 14.3 Å². The number of ether oxygens (including phenoxy) is 3. The molecule has 0 atom stereocenters. The highest BCUT2D eigenvalue weighted by molar-refractivity contribution is 5.92. The topological polar surface area (TPSA) is 117 Å². The molecule has 9 heteroatoms. The maximum absolute atomic E-state index is 11.7. The van der Waals surface area contributed by atoms with E-state index < -0.39 is 23.4 Å². The van der Waals surface area contributed by atoms with E-state index in [1.54, 1.807) is 24.3 Å². The normalized spacial score (nSPS) is 9.88. The molecule has 0 bridgehead atoms.